The molecule has 1 N–H and O–H groups in total. The van der Waals surface area contributed by atoms with E-state index in [1.165, 1.54) is 23.9 Å². The fourth-order valence-corrected chi connectivity index (χ4v) is 2.84. The predicted octanol–water partition coefficient (Wildman–Crippen LogP) is 3.28. The number of hydrogen-bond donors (Lipinski definition) is 1. The molecule has 0 bridgehead atoms. The second-order valence-electron chi connectivity index (χ2n) is 4.95. The van der Waals surface area contributed by atoms with E-state index < -0.39 is 0 Å². The van der Waals surface area contributed by atoms with E-state index in [1.54, 1.807) is 0 Å². The quantitative estimate of drug-likeness (QED) is 0.875. The third-order valence-corrected chi connectivity index (χ3v) is 3.79. The van der Waals surface area contributed by atoms with E-state index in [9.17, 15) is 0 Å². The van der Waals surface area contributed by atoms with Crippen LogP contribution in [0.1, 0.15) is 31.4 Å². The summed E-state index contributed by atoms with van der Waals surface area (Å²) in [5.41, 5.74) is 2.41. The van der Waals surface area contributed by atoms with Crippen LogP contribution in [-0.4, -0.2) is 28.2 Å². The van der Waals surface area contributed by atoms with Gasteiger partial charge < -0.3 is 4.90 Å². The Kier molecular flexibility index (Phi) is 3.05. The lowest BCUT2D eigenvalue weighted by Crippen LogP contribution is -2.28. The van der Waals surface area contributed by atoms with E-state index in [0.717, 1.165) is 18.6 Å². The lowest BCUT2D eigenvalue weighted by molar-refractivity contribution is 0.282. The highest BCUT2D eigenvalue weighted by molar-refractivity contribution is 5.81. The van der Waals surface area contributed by atoms with Gasteiger partial charge in [-0.1, -0.05) is 24.3 Å². The maximum Gasteiger partial charge on any atom is 0.0923 e. The van der Waals surface area contributed by atoms with Crippen molar-refractivity contribution in [1.82, 2.24) is 15.1 Å². The summed E-state index contributed by atoms with van der Waals surface area (Å²) in [7, 11) is 0. The van der Waals surface area contributed by atoms with E-state index in [1.807, 2.05) is 6.07 Å². The van der Waals surface area contributed by atoms with Crippen molar-refractivity contribution in [3.05, 3.63) is 42.2 Å². The summed E-state index contributed by atoms with van der Waals surface area (Å²) in [4.78, 5) is 2.40. The zero-order valence-corrected chi connectivity index (χ0v) is 10.8. The molecule has 3 rings (SSSR count). The van der Waals surface area contributed by atoms with Crippen LogP contribution in [-0.2, 0) is 0 Å². The molecule has 1 aromatic heterocycles. The predicted molar refractivity (Wildman–Crippen MR) is 74.5 cm³/mol. The zero-order chi connectivity index (χ0) is 12.4. The van der Waals surface area contributed by atoms with Gasteiger partial charge in [0.25, 0.3) is 0 Å². The van der Waals surface area contributed by atoms with E-state index in [2.05, 4.69) is 52.5 Å². The highest BCUT2D eigenvalue weighted by Crippen LogP contribution is 2.31. The molecule has 2 aromatic rings. The summed E-state index contributed by atoms with van der Waals surface area (Å²) in [5, 5.41) is 8.93. The van der Waals surface area contributed by atoms with Crippen molar-refractivity contribution in [1.29, 1.82) is 0 Å². The summed E-state index contributed by atoms with van der Waals surface area (Å²) in [6.45, 7) is 4.36. The third-order valence-electron chi connectivity index (χ3n) is 3.79. The average Bonchev–Trinajstić information content (AvgIpc) is 2.84. The molecule has 1 aliphatic rings. The van der Waals surface area contributed by atoms with Crippen LogP contribution in [0.25, 0.3) is 10.9 Å². The van der Waals surface area contributed by atoms with E-state index >= 15 is 0 Å². The van der Waals surface area contributed by atoms with Crippen molar-refractivity contribution in [3.63, 3.8) is 0 Å². The lowest BCUT2D eigenvalue weighted by atomic mass is 9.92. The Hall–Kier alpha value is -1.77. The number of nitrogens with zero attached hydrogens (tertiary/aromatic N) is 2. The van der Waals surface area contributed by atoms with Gasteiger partial charge in [0.05, 0.1) is 5.52 Å². The lowest BCUT2D eigenvalue weighted by Gasteiger charge is -2.30. The van der Waals surface area contributed by atoms with Crippen LogP contribution < -0.4 is 0 Å². The SMILES string of the molecule is CC=CN1CCC(c2[nH]nc3ccccc23)CC1. The van der Waals surface area contributed by atoms with Crippen LogP contribution in [0.15, 0.2) is 36.5 Å². The van der Waals surface area contributed by atoms with E-state index in [-0.39, 0.29) is 0 Å². The van der Waals surface area contributed by atoms with Crippen LogP contribution in [0, 0.1) is 0 Å². The second kappa shape index (κ2) is 4.84. The molecule has 1 fully saturated rings. The molecule has 1 aliphatic heterocycles. The normalized spacial score (nSPS) is 17.9. The Bertz CT molecular complexity index is 548. The topological polar surface area (TPSA) is 31.9 Å². The maximum absolute atomic E-state index is 4.40. The molecule has 1 aromatic carbocycles. The van der Waals surface area contributed by atoms with Crippen molar-refractivity contribution in [2.24, 2.45) is 0 Å². The molecule has 94 valence electrons. The van der Waals surface area contributed by atoms with Gasteiger partial charge in [0.1, 0.15) is 0 Å². The van der Waals surface area contributed by atoms with Gasteiger partial charge in [-0.05, 0) is 32.0 Å². The average molecular weight is 241 g/mol. The molecular formula is C15H19N3. The van der Waals surface area contributed by atoms with Crippen LogP contribution in [0.3, 0.4) is 0 Å². The van der Waals surface area contributed by atoms with Crippen LogP contribution in [0.5, 0.6) is 0 Å². The van der Waals surface area contributed by atoms with Crippen molar-refractivity contribution >= 4 is 10.9 Å². The molecular weight excluding hydrogens is 222 g/mol. The molecule has 3 nitrogen and oxygen atoms in total. The molecule has 2 heterocycles. The first kappa shape index (κ1) is 11.3. The summed E-state index contributed by atoms with van der Waals surface area (Å²) in [6.07, 6.45) is 6.72. The minimum atomic E-state index is 0.624. The van der Waals surface area contributed by atoms with Gasteiger partial charge in [-0.2, -0.15) is 5.10 Å². The number of H-pyrrole nitrogens is 1. The third kappa shape index (κ3) is 2.01. The monoisotopic (exact) mass is 241 g/mol. The Labute approximate surface area is 107 Å². The molecule has 0 unspecified atom stereocenters. The van der Waals surface area contributed by atoms with Gasteiger partial charge in [-0.3, -0.25) is 5.10 Å². The molecule has 0 atom stereocenters. The largest absolute Gasteiger partial charge is 0.378 e. The number of para-hydroxylation sites is 1. The maximum atomic E-state index is 4.40. The summed E-state index contributed by atoms with van der Waals surface area (Å²) >= 11 is 0. The number of allylic oxidation sites excluding steroid dienone is 1. The van der Waals surface area contributed by atoms with Crippen LogP contribution >= 0.6 is 0 Å². The van der Waals surface area contributed by atoms with Crippen molar-refractivity contribution in [2.45, 2.75) is 25.7 Å². The van der Waals surface area contributed by atoms with Gasteiger partial charge >= 0.3 is 0 Å². The number of rotatable bonds is 2. The summed E-state index contributed by atoms with van der Waals surface area (Å²) in [5.74, 6) is 0.624. The Morgan fingerprint density at radius 2 is 2.06 bits per heavy atom. The van der Waals surface area contributed by atoms with Gasteiger partial charge in [0.2, 0.25) is 0 Å². The zero-order valence-electron chi connectivity index (χ0n) is 10.8. The van der Waals surface area contributed by atoms with Gasteiger partial charge in [-0.25, -0.2) is 0 Å². The van der Waals surface area contributed by atoms with Crippen molar-refractivity contribution in [3.8, 4) is 0 Å². The molecule has 0 saturated carbocycles. The van der Waals surface area contributed by atoms with Crippen molar-refractivity contribution in [2.75, 3.05) is 13.1 Å². The fourth-order valence-electron chi connectivity index (χ4n) is 2.84. The second-order valence-corrected chi connectivity index (χ2v) is 4.95. The first-order chi connectivity index (χ1) is 8.88. The highest BCUT2D eigenvalue weighted by atomic mass is 15.1. The first-order valence-electron chi connectivity index (χ1n) is 6.68. The minimum absolute atomic E-state index is 0.624. The standard InChI is InChI=1S/C15H19N3/c1-2-9-18-10-7-12(8-11-18)15-13-5-3-4-6-14(13)16-17-15/h2-6,9,12H,7-8,10-11H2,1H3,(H,16,17). The number of fused-ring (bicyclic) bond motifs is 1. The van der Waals surface area contributed by atoms with Gasteiger partial charge in [0.15, 0.2) is 0 Å². The number of nitrogens with one attached hydrogen (secondary N) is 1. The first-order valence-corrected chi connectivity index (χ1v) is 6.68. The Morgan fingerprint density at radius 3 is 2.83 bits per heavy atom. The molecule has 0 radical (unpaired) electrons. The molecule has 3 heteroatoms. The van der Waals surface area contributed by atoms with Gasteiger partial charge in [0, 0.05) is 30.1 Å². The fraction of sp³-hybridized carbons (Fsp3) is 0.400. The van der Waals surface area contributed by atoms with Crippen LogP contribution in [0.4, 0.5) is 0 Å². The molecule has 0 amide bonds. The number of aromatic nitrogens is 2. The smallest absolute Gasteiger partial charge is 0.0923 e. The summed E-state index contributed by atoms with van der Waals surface area (Å²) < 4.78 is 0. The van der Waals surface area contributed by atoms with Crippen molar-refractivity contribution < 1.29 is 0 Å². The number of benzene rings is 1. The number of likely N-dealkylation sites (tertiary alicyclic amines) is 1. The minimum Gasteiger partial charge on any atom is -0.378 e. The Morgan fingerprint density at radius 1 is 1.28 bits per heavy atom. The number of hydrogen-bond acceptors (Lipinski definition) is 2. The molecule has 1 saturated heterocycles. The summed E-state index contributed by atoms with van der Waals surface area (Å²) in [6, 6.07) is 8.38. The van der Waals surface area contributed by atoms with E-state index in [0.29, 0.717) is 5.92 Å². The number of piperidine rings is 1. The molecule has 0 aliphatic carbocycles. The van der Waals surface area contributed by atoms with Crippen LogP contribution in [0.2, 0.25) is 0 Å². The molecule has 18 heavy (non-hydrogen) atoms. The Balaban J connectivity index is 1.80. The van der Waals surface area contributed by atoms with E-state index in [4.69, 9.17) is 0 Å². The molecule has 0 spiro atoms. The number of aromatic amines is 1. The van der Waals surface area contributed by atoms with Gasteiger partial charge in [-0.15, -0.1) is 0 Å². The highest BCUT2D eigenvalue weighted by Gasteiger charge is 2.21.